The van der Waals surface area contributed by atoms with Gasteiger partial charge < -0.3 is 15.4 Å². The van der Waals surface area contributed by atoms with Crippen LogP contribution in [0.2, 0.25) is 0 Å². The van der Waals surface area contributed by atoms with Crippen molar-refractivity contribution in [3.05, 3.63) is 35.4 Å². The van der Waals surface area contributed by atoms with Gasteiger partial charge in [-0.3, -0.25) is 9.89 Å². The van der Waals surface area contributed by atoms with Crippen LogP contribution in [-0.4, -0.2) is 62.8 Å². The fraction of sp³-hybridized carbons (Fsp3) is 0.611. The molecular weight excluding hydrogens is 453 g/mol. The molecule has 5 nitrogen and oxygen atoms in total. The zero-order valence-corrected chi connectivity index (χ0v) is 17.9. The molecule has 1 heterocycles. The number of benzene rings is 1. The van der Waals surface area contributed by atoms with Gasteiger partial charge in [-0.2, -0.15) is 0 Å². The third-order valence-corrected chi connectivity index (χ3v) is 4.47. The van der Waals surface area contributed by atoms with Crippen LogP contribution in [0.4, 0.5) is 8.78 Å². The quantitative estimate of drug-likeness (QED) is 0.372. The summed E-state index contributed by atoms with van der Waals surface area (Å²) in [6, 6.07) is 4.26. The molecule has 1 fully saturated rings. The highest BCUT2D eigenvalue weighted by molar-refractivity contribution is 14.0. The van der Waals surface area contributed by atoms with E-state index in [1.807, 2.05) is 0 Å². The molecule has 1 aromatic rings. The first-order chi connectivity index (χ1) is 12.0. The van der Waals surface area contributed by atoms with Crippen LogP contribution in [0.3, 0.4) is 0 Å². The topological polar surface area (TPSA) is 48.9 Å². The summed E-state index contributed by atoms with van der Waals surface area (Å²) in [5.41, 5.74) is 0.360. The number of guanidine groups is 1. The number of rotatable bonds is 6. The molecule has 0 bridgehead atoms. The van der Waals surface area contributed by atoms with Crippen molar-refractivity contribution in [2.24, 2.45) is 4.99 Å². The molecule has 1 aromatic carbocycles. The van der Waals surface area contributed by atoms with Crippen LogP contribution in [0.15, 0.2) is 23.2 Å². The monoisotopic (exact) mass is 482 g/mol. The van der Waals surface area contributed by atoms with Gasteiger partial charge >= 0.3 is 0 Å². The predicted molar refractivity (Wildman–Crippen MR) is 111 cm³/mol. The Hall–Kier alpha value is -1.00. The van der Waals surface area contributed by atoms with E-state index in [1.54, 1.807) is 7.05 Å². The average Bonchev–Trinajstić information content (AvgIpc) is 2.61. The lowest BCUT2D eigenvalue weighted by Gasteiger charge is -2.38. The Bertz CT molecular complexity index is 588. The van der Waals surface area contributed by atoms with Gasteiger partial charge in [-0.25, -0.2) is 8.78 Å². The number of halogens is 3. The Balaban J connectivity index is 0.00000338. The highest BCUT2D eigenvalue weighted by Crippen LogP contribution is 2.11. The van der Waals surface area contributed by atoms with Crippen molar-refractivity contribution in [2.75, 3.05) is 39.9 Å². The first-order valence-electron chi connectivity index (χ1n) is 8.73. The third kappa shape index (κ3) is 6.96. The van der Waals surface area contributed by atoms with Crippen LogP contribution >= 0.6 is 24.0 Å². The molecule has 0 aliphatic carbocycles. The largest absolute Gasteiger partial charge is 0.379 e. The Morgan fingerprint density at radius 2 is 2.15 bits per heavy atom. The second kappa shape index (κ2) is 11.7. The van der Waals surface area contributed by atoms with Crippen LogP contribution < -0.4 is 10.6 Å². The summed E-state index contributed by atoms with van der Waals surface area (Å²) in [7, 11) is 1.69. The van der Waals surface area contributed by atoms with Crippen molar-refractivity contribution in [1.82, 2.24) is 15.5 Å². The van der Waals surface area contributed by atoms with E-state index in [0.717, 1.165) is 38.4 Å². The average molecular weight is 482 g/mol. The lowest BCUT2D eigenvalue weighted by Crippen LogP contribution is -2.53. The molecule has 0 radical (unpaired) electrons. The van der Waals surface area contributed by atoms with E-state index in [0.29, 0.717) is 36.6 Å². The van der Waals surface area contributed by atoms with Gasteiger partial charge in [0.05, 0.1) is 13.2 Å². The molecule has 0 spiro atoms. The van der Waals surface area contributed by atoms with Gasteiger partial charge in [0.1, 0.15) is 11.6 Å². The summed E-state index contributed by atoms with van der Waals surface area (Å²) >= 11 is 0. The molecule has 2 atom stereocenters. The fourth-order valence-corrected chi connectivity index (χ4v) is 3.03. The Kier molecular flexibility index (Phi) is 10.3. The Morgan fingerprint density at radius 3 is 2.85 bits per heavy atom. The lowest BCUT2D eigenvalue weighted by molar-refractivity contribution is -0.0174. The minimum Gasteiger partial charge on any atom is -0.379 e. The number of morpholine rings is 1. The van der Waals surface area contributed by atoms with E-state index < -0.39 is 5.82 Å². The molecule has 1 aliphatic heterocycles. The number of aliphatic imine (C=N–C) groups is 1. The van der Waals surface area contributed by atoms with Gasteiger partial charge in [0.25, 0.3) is 0 Å². The third-order valence-electron chi connectivity index (χ3n) is 4.47. The van der Waals surface area contributed by atoms with E-state index in [1.165, 1.54) is 6.07 Å². The second-order valence-electron chi connectivity index (χ2n) is 6.38. The Labute approximate surface area is 171 Å². The zero-order valence-electron chi connectivity index (χ0n) is 15.6. The molecule has 26 heavy (non-hydrogen) atoms. The van der Waals surface area contributed by atoms with Crippen molar-refractivity contribution in [3.8, 4) is 0 Å². The summed E-state index contributed by atoms with van der Waals surface area (Å²) < 4.78 is 32.3. The molecule has 2 rings (SSSR count). The van der Waals surface area contributed by atoms with Crippen LogP contribution in [0.1, 0.15) is 19.4 Å². The summed E-state index contributed by atoms with van der Waals surface area (Å²) in [6.45, 7) is 8.01. The summed E-state index contributed by atoms with van der Waals surface area (Å²) in [5.74, 6) is -0.155. The molecule has 2 N–H and O–H groups in total. The number of ether oxygens (including phenoxy) is 1. The molecule has 0 amide bonds. The molecular formula is C18H29F2IN4O. The smallest absolute Gasteiger partial charge is 0.191 e. The number of nitrogens with zero attached hydrogens (tertiary/aromatic N) is 2. The lowest BCUT2D eigenvalue weighted by atomic mass is 10.1. The molecule has 0 aromatic heterocycles. The van der Waals surface area contributed by atoms with E-state index in [4.69, 9.17) is 4.74 Å². The maximum atomic E-state index is 13.6. The Morgan fingerprint density at radius 1 is 1.38 bits per heavy atom. The first-order valence-corrected chi connectivity index (χ1v) is 8.73. The van der Waals surface area contributed by atoms with Crippen LogP contribution in [0, 0.1) is 11.6 Å². The van der Waals surface area contributed by atoms with Crippen molar-refractivity contribution >= 4 is 29.9 Å². The minimum atomic E-state index is -0.424. The molecule has 8 heteroatoms. The number of hydrogen-bond donors (Lipinski definition) is 2. The highest BCUT2D eigenvalue weighted by Gasteiger charge is 2.23. The van der Waals surface area contributed by atoms with Crippen molar-refractivity contribution < 1.29 is 13.5 Å². The van der Waals surface area contributed by atoms with Crippen molar-refractivity contribution in [1.29, 1.82) is 0 Å². The van der Waals surface area contributed by atoms with E-state index in [9.17, 15) is 8.78 Å². The van der Waals surface area contributed by atoms with Crippen LogP contribution in [-0.2, 0) is 11.2 Å². The van der Waals surface area contributed by atoms with Gasteiger partial charge in [0.2, 0.25) is 0 Å². The van der Waals surface area contributed by atoms with Gasteiger partial charge in [0.15, 0.2) is 5.96 Å². The number of hydrogen-bond acceptors (Lipinski definition) is 3. The zero-order chi connectivity index (χ0) is 18.2. The van der Waals surface area contributed by atoms with Gasteiger partial charge in [-0.15, -0.1) is 24.0 Å². The minimum absolute atomic E-state index is 0. The first kappa shape index (κ1) is 23.0. The molecule has 2 unspecified atom stereocenters. The highest BCUT2D eigenvalue weighted by atomic mass is 127. The predicted octanol–water partition coefficient (Wildman–Crippen LogP) is 2.40. The van der Waals surface area contributed by atoms with Gasteiger partial charge in [-0.05, 0) is 44.0 Å². The van der Waals surface area contributed by atoms with Gasteiger partial charge in [-0.1, -0.05) is 0 Å². The van der Waals surface area contributed by atoms with Crippen molar-refractivity contribution in [2.45, 2.75) is 32.4 Å². The summed E-state index contributed by atoms with van der Waals surface area (Å²) in [5, 5.41) is 6.43. The molecule has 0 saturated carbocycles. The molecule has 148 valence electrons. The summed E-state index contributed by atoms with van der Waals surface area (Å²) in [6.07, 6.45) is 0.389. The van der Waals surface area contributed by atoms with E-state index in [-0.39, 0.29) is 29.8 Å². The maximum absolute atomic E-state index is 13.6. The van der Waals surface area contributed by atoms with E-state index >= 15 is 0 Å². The molecule has 1 aliphatic rings. The van der Waals surface area contributed by atoms with Crippen LogP contribution in [0.5, 0.6) is 0 Å². The summed E-state index contributed by atoms with van der Waals surface area (Å²) in [4.78, 5) is 6.59. The SMILES string of the molecule is CN=C(NCCc1cc(F)ccc1F)NCC(C)N1CCOCC1C.I. The second-order valence-corrected chi connectivity index (χ2v) is 6.38. The van der Waals surface area contributed by atoms with Crippen molar-refractivity contribution in [3.63, 3.8) is 0 Å². The fourth-order valence-electron chi connectivity index (χ4n) is 3.03. The molecule has 1 saturated heterocycles. The maximum Gasteiger partial charge on any atom is 0.191 e. The van der Waals surface area contributed by atoms with Gasteiger partial charge in [0, 0.05) is 38.8 Å². The normalized spacial score (nSPS) is 19.6. The van der Waals surface area contributed by atoms with Crippen LogP contribution in [0.25, 0.3) is 0 Å². The number of nitrogens with one attached hydrogen (secondary N) is 2. The standard InChI is InChI=1S/C18H28F2N4O.HI/c1-13(24-8-9-25-12-14(24)2)11-23-18(21-3)22-7-6-15-10-16(19)4-5-17(15)20;/h4-5,10,13-14H,6-9,11-12H2,1-3H3,(H2,21,22,23);1H. The van der Waals surface area contributed by atoms with E-state index in [2.05, 4.69) is 34.4 Å².